The van der Waals surface area contributed by atoms with Gasteiger partial charge < -0.3 is 15.2 Å². The first-order chi connectivity index (χ1) is 13.0. The second kappa shape index (κ2) is 7.03. The van der Waals surface area contributed by atoms with Gasteiger partial charge in [-0.05, 0) is 25.5 Å². The summed E-state index contributed by atoms with van der Waals surface area (Å²) in [4.78, 5) is 21.3. The fraction of sp³-hybridized carbons (Fsp3) is 0.421. The molecule has 0 radical (unpaired) electrons. The maximum absolute atomic E-state index is 12.4. The van der Waals surface area contributed by atoms with Crippen LogP contribution in [0.2, 0.25) is 0 Å². The molecule has 1 aliphatic rings. The zero-order chi connectivity index (χ0) is 19.0. The van der Waals surface area contributed by atoms with E-state index >= 15 is 0 Å². The maximum Gasteiger partial charge on any atom is 0.258 e. The lowest BCUT2D eigenvalue weighted by Gasteiger charge is -2.34. The highest BCUT2D eigenvalue weighted by Crippen LogP contribution is 2.26. The van der Waals surface area contributed by atoms with Gasteiger partial charge in [0.15, 0.2) is 11.4 Å². The molecule has 0 bridgehead atoms. The molecule has 8 nitrogen and oxygen atoms in total. The van der Waals surface area contributed by atoms with E-state index in [2.05, 4.69) is 19.9 Å². The van der Waals surface area contributed by atoms with Gasteiger partial charge in [-0.1, -0.05) is 17.3 Å². The number of benzene rings is 1. The number of hydrogen-bond acceptors (Lipinski definition) is 7. The first-order valence-corrected chi connectivity index (χ1v) is 9.18. The second-order valence-electron chi connectivity index (χ2n) is 6.98. The number of para-hydroxylation sites is 1. The number of nitrogens with zero attached hydrogens (tertiary/aromatic N) is 5. The van der Waals surface area contributed by atoms with E-state index in [0.29, 0.717) is 6.42 Å². The van der Waals surface area contributed by atoms with Crippen LogP contribution in [0, 0.1) is 6.92 Å². The quantitative estimate of drug-likeness (QED) is 0.739. The van der Waals surface area contributed by atoms with Crippen molar-refractivity contribution in [2.24, 2.45) is 7.05 Å². The Labute approximate surface area is 157 Å². The van der Waals surface area contributed by atoms with E-state index < -0.39 is 0 Å². The van der Waals surface area contributed by atoms with Crippen LogP contribution in [0.5, 0.6) is 0 Å². The highest BCUT2D eigenvalue weighted by Gasteiger charge is 2.22. The molecule has 0 saturated carbocycles. The Balaban J connectivity index is 1.39. The number of nitrogen functional groups attached to an aromatic ring is 1. The zero-order valence-electron chi connectivity index (χ0n) is 15.7. The van der Waals surface area contributed by atoms with Gasteiger partial charge in [-0.2, -0.15) is 0 Å². The van der Waals surface area contributed by atoms with Gasteiger partial charge in [-0.3, -0.25) is 14.3 Å². The number of hydrogen-bond donors (Lipinski definition) is 1. The minimum Gasteiger partial charge on any atom is -0.369 e. The lowest BCUT2D eigenvalue weighted by Crippen LogP contribution is -2.47. The molecule has 0 spiro atoms. The summed E-state index contributed by atoms with van der Waals surface area (Å²) >= 11 is 0. The van der Waals surface area contributed by atoms with Crippen LogP contribution in [0.15, 0.2) is 33.6 Å². The summed E-state index contributed by atoms with van der Waals surface area (Å²) in [6.07, 6.45) is 0.679. The molecule has 3 aromatic rings. The van der Waals surface area contributed by atoms with Crippen molar-refractivity contribution in [1.82, 2.24) is 19.6 Å². The molecule has 4 rings (SSSR count). The van der Waals surface area contributed by atoms with E-state index in [-0.39, 0.29) is 11.5 Å². The molecular formula is C19H24N6O2. The number of piperazine rings is 1. The normalized spacial score (nSPS) is 15.6. The average Bonchev–Trinajstić information content (AvgIpc) is 3.11. The van der Waals surface area contributed by atoms with Crippen LogP contribution >= 0.6 is 0 Å². The van der Waals surface area contributed by atoms with Gasteiger partial charge in [-0.25, -0.2) is 4.98 Å². The van der Waals surface area contributed by atoms with Crippen molar-refractivity contribution in [3.8, 4) is 0 Å². The molecule has 8 heteroatoms. The average molecular weight is 368 g/mol. The third kappa shape index (κ3) is 3.28. The van der Waals surface area contributed by atoms with Crippen LogP contribution in [0.1, 0.15) is 11.3 Å². The minimum atomic E-state index is -0.0484. The van der Waals surface area contributed by atoms with Crippen LogP contribution in [0.3, 0.4) is 0 Å². The molecule has 1 aliphatic heterocycles. The van der Waals surface area contributed by atoms with E-state index in [9.17, 15) is 4.79 Å². The molecule has 0 aliphatic carbocycles. The first kappa shape index (κ1) is 17.5. The van der Waals surface area contributed by atoms with Crippen molar-refractivity contribution in [2.75, 3.05) is 43.4 Å². The van der Waals surface area contributed by atoms with Crippen LogP contribution in [0.4, 0.5) is 11.8 Å². The Kier molecular flexibility index (Phi) is 4.57. The molecule has 142 valence electrons. The van der Waals surface area contributed by atoms with Crippen molar-refractivity contribution in [1.29, 1.82) is 0 Å². The van der Waals surface area contributed by atoms with Crippen molar-refractivity contribution < 1.29 is 4.52 Å². The molecule has 3 heterocycles. The van der Waals surface area contributed by atoms with Crippen LogP contribution in [-0.4, -0.2) is 52.3 Å². The number of anilines is 2. The SMILES string of the molecule is Cc1nc(N)n(C)c(=O)c1CCN1CCN(c2noc3ccccc23)CC1. The predicted octanol–water partition coefficient (Wildman–Crippen LogP) is 1.18. The summed E-state index contributed by atoms with van der Waals surface area (Å²) in [5.41, 5.74) is 7.99. The Morgan fingerprint density at radius 2 is 1.93 bits per heavy atom. The van der Waals surface area contributed by atoms with E-state index in [0.717, 1.165) is 60.8 Å². The maximum atomic E-state index is 12.4. The molecule has 1 saturated heterocycles. The van der Waals surface area contributed by atoms with E-state index in [1.54, 1.807) is 7.05 Å². The fourth-order valence-corrected chi connectivity index (χ4v) is 3.62. The summed E-state index contributed by atoms with van der Waals surface area (Å²) in [7, 11) is 1.66. The lowest BCUT2D eigenvalue weighted by molar-refractivity contribution is 0.259. The number of rotatable bonds is 4. The van der Waals surface area contributed by atoms with Gasteiger partial charge in [0.2, 0.25) is 5.95 Å². The molecular weight excluding hydrogens is 344 g/mol. The van der Waals surface area contributed by atoms with Gasteiger partial charge in [0.25, 0.3) is 5.56 Å². The third-order valence-corrected chi connectivity index (χ3v) is 5.33. The fourth-order valence-electron chi connectivity index (χ4n) is 3.62. The smallest absolute Gasteiger partial charge is 0.258 e. The Morgan fingerprint density at radius 1 is 1.19 bits per heavy atom. The van der Waals surface area contributed by atoms with Crippen molar-refractivity contribution in [3.05, 3.63) is 45.9 Å². The Hall–Kier alpha value is -2.87. The molecule has 0 atom stereocenters. The van der Waals surface area contributed by atoms with Gasteiger partial charge in [0.1, 0.15) is 0 Å². The molecule has 1 fully saturated rings. The zero-order valence-corrected chi connectivity index (χ0v) is 15.7. The van der Waals surface area contributed by atoms with Crippen molar-refractivity contribution in [3.63, 3.8) is 0 Å². The van der Waals surface area contributed by atoms with Crippen LogP contribution in [-0.2, 0) is 13.5 Å². The predicted molar refractivity (Wildman–Crippen MR) is 105 cm³/mol. The van der Waals surface area contributed by atoms with E-state index in [4.69, 9.17) is 10.3 Å². The molecule has 1 aromatic carbocycles. The molecule has 2 N–H and O–H groups in total. The number of aromatic nitrogens is 3. The van der Waals surface area contributed by atoms with Gasteiger partial charge in [0, 0.05) is 51.0 Å². The topological polar surface area (TPSA) is 93.4 Å². The molecule has 27 heavy (non-hydrogen) atoms. The summed E-state index contributed by atoms with van der Waals surface area (Å²) in [5.74, 6) is 1.17. The molecule has 2 aromatic heterocycles. The summed E-state index contributed by atoms with van der Waals surface area (Å²) in [6.45, 7) is 6.28. The summed E-state index contributed by atoms with van der Waals surface area (Å²) < 4.78 is 6.83. The van der Waals surface area contributed by atoms with Gasteiger partial charge >= 0.3 is 0 Å². The lowest BCUT2D eigenvalue weighted by atomic mass is 10.1. The van der Waals surface area contributed by atoms with Crippen LogP contribution < -0.4 is 16.2 Å². The van der Waals surface area contributed by atoms with Gasteiger partial charge in [0.05, 0.1) is 5.39 Å². The number of nitrogens with two attached hydrogens (primary N) is 1. The van der Waals surface area contributed by atoms with Crippen molar-refractivity contribution in [2.45, 2.75) is 13.3 Å². The Bertz CT molecular complexity index is 1020. The monoisotopic (exact) mass is 368 g/mol. The molecule has 0 unspecified atom stereocenters. The van der Waals surface area contributed by atoms with E-state index in [1.807, 2.05) is 31.2 Å². The number of aryl methyl sites for hydroxylation is 1. The largest absolute Gasteiger partial charge is 0.369 e. The minimum absolute atomic E-state index is 0.0484. The summed E-state index contributed by atoms with van der Waals surface area (Å²) in [5, 5.41) is 5.30. The highest BCUT2D eigenvalue weighted by molar-refractivity contribution is 5.88. The van der Waals surface area contributed by atoms with Gasteiger partial charge in [-0.15, -0.1) is 0 Å². The highest BCUT2D eigenvalue weighted by atomic mass is 16.5. The summed E-state index contributed by atoms with van der Waals surface area (Å²) in [6, 6.07) is 7.93. The van der Waals surface area contributed by atoms with Crippen LogP contribution in [0.25, 0.3) is 11.0 Å². The van der Waals surface area contributed by atoms with E-state index in [1.165, 1.54) is 4.57 Å². The number of fused-ring (bicyclic) bond motifs is 1. The Morgan fingerprint density at radius 3 is 2.70 bits per heavy atom. The van der Waals surface area contributed by atoms with Crippen molar-refractivity contribution >= 4 is 22.7 Å². The second-order valence-corrected chi connectivity index (χ2v) is 6.98. The third-order valence-electron chi connectivity index (χ3n) is 5.33. The first-order valence-electron chi connectivity index (χ1n) is 9.18. The molecule has 0 amide bonds. The standard InChI is InChI=1S/C19H24N6O2/c1-13-14(18(26)23(2)19(20)21-13)7-8-24-9-11-25(12-10-24)17-15-5-3-4-6-16(15)27-22-17/h3-6H,7-12H2,1-2H3,(H2,20,21).